The van der Waals surface area contributed by atoms with Crippen molar-refractivity contribution in [2.75, 3.05) is 11.9 Å². The predicted octanol–water partition coefficient (Wildman–Crippen LogP) is 1.71. The molecule has 1 fully saturated rings. The molecule has 2 rings (SSSR count). The molecule has 1 aliphatic rings. The Kier molecular flexibility index (Phi) is 3.25. The number of anilines is 1. The van der Waals surface area contributed by atoms with E-state index in [1.807, 2.05) is 19.4 Å². The summed E-state index contributed by atoms with van der Waals surface area (Å²) in [6.45, 7) is 5.56. The van der Waals surface area contributed by atoms with E-state index in [0.717, 1.165) is 5.69 Å². The van der Waals surface area contributed by atoms with E-state index in [1.54, 1.807) is 13.8 Å². The first-order valence-corrected chi connectivity index (χ1v) is 6.75. The highest BCUT2D eigenvalue weighted by Gasteiger charge is 2.46. The van der Waals surface area contributed by atoms with Crippen molar-refractivity contribution in [3.8, 4) is 0 Å². The molecule has 0 saturated carbocycles. The minimum atomic E-state index is -0.614. The third-order valence-electron chi connectivity index (χ3n) is 3.20. The fourth-order valence-electron chi connectivity index (χ4n) is 1.87. The Balaban J connectivity index is 2.30. The fraction of sp³-hybridized carbons (Fsp3) is 0.583. The molecule has 0 aliphatic carbocycles. The van der Waals surface area contributed by atoms with Crippen LogP contribution in [0, 0.1) is 5.41 Å². The number of hydrogen-bond donors (Lipinski definition) is 1. The van der Waals surface area contributed by atoms with Gasteiger partial charge in [-0.1, -0.05) is 13.8 Å². The topological polar surface area (TPSA) is 62.3 Å². The van der Waals surface area contributed by atoms with Gasteiger partial charge < -0.3 is 5.32 Å². The largest absolute Gasteiger partial charge is 0.312 e. The third-order valence-corrected chi connectivity index (χ3v) is 4.05. The maximum Gasteiger partial charge on any atom is 0.241 e. The first-order valence-electron chi connectivity index (χ1n) is 5.87. The zero-order valence-electron chi connectivity index (χ0n) is 11.0. The Labute approximate surface area is 110 Å². The molecule has 5 nitrogen and oxygen atoms in total. The van der Waals surface area contributed by atoms with E-state index in [4.69, 9.17) is 0 Å². The van der Waals surface area contributed by atoms with Crippen molar-refractivity contribution in [2.24, 2.45) is 5.41 Å². The molecule has 0 bridgehead atoms. The molecule has 6 heteroatoms. The average Bonchev–Trinajstić information content (AvgIpc) is 2.83. The second-order valence-corrected chi connectivity index (χ2v) is 6.00. The molecule has 1 saturated heterocycles. The van der Waals surface area contributed by atoms with Gasteiger partial charge in [0.05, 0.1) is 11.1 Å². The van der Waals surface area contributed by atoms with Gasteiger partial charge in [-0.2, -0.15) is 0 Å². The summed E-state index contributed by atoms with van der Waals surface area (Å²) in [6, 6.07) is 0.107. The van der Waals surface area contributed by atoms with Gasteiger partial charge in [0.15, 0.2) is 5.13 Å². The highest BCUT2D eigenvalue weighted by atomic mass is 32.1. The van der Waals surface area contributed by atoms with Gasteiger partial charge in [-0.15, -0.1) is 11.3 Å². The third kappa shape index (κ3) is 2.06. The highest BCUT2D eigenvalue weighted by Crippen LogP contribution is 2.36. The van der Waals surface area contributed by atoms with Gasteiger partial charge >= 0.3 is 0 Å². The number of aromatic nitrogens is 1. The zero-order valence-corrected chi connectivity index (χ0v) is 11.8. The Morgan fingerprint density at radius 2 is 2.17 bits per heavy atom. The van der Waals surface area contributed by atoms with Crippen molar-refractivity contribution in [1.82, 2.24) is 10.3 Å². The summed E-state index contributed by atoms with van der Waals surface area (Å²) in [5, 5.41) is 5.44. The van der Waals surface area contributed by atoms with E-state index < -0.39 is 5.41 Å². The molecule has 2 heterocycles. The molecule has 1 unspecified atom stereocenters. The molecular weight excluding hydrogens is 250 g/mol. The summed E-state index contributed by atoms with van der Waals surface area (Å²) in [6.07, 6.45) is 0.252. The van der Waals surface area contributed by atoms with Crippen molar-refractivity contribution in [3.05, 3.63) is 11.1 Å². The second kappa shape index (κ2) is 4.44. The number of nitrogens with zero attached hydrogens (tertiary/aromatic N) is 2. The summed E-state index contributed by atoms with van der Waals surface area (Å²) < 4.78 is 0. The van der Waals surface area contributed by atoms with Crippen molar-refractivity contribution in [1.29, 1.82) is 0 Å². The molecule has 98 valence electrons. The van der Waals surface area contributed by atoms with Crippen LogP contribution in [-0.4, -0.2) is 23.8 Å². The number of amides is 2. The molecule has 0 aromatic carbocycles. The maximum absolute atomic E-state index is 12.1. The number of nitrogens with one attached hydrogen (secondary N) is 1. The smallest absolute Gasteiger partial charge is 0.241 e. The number of hydrogen-bond acceptors (Lipinski definition) is 5. The summed E-state index contributed by atoms with van der Waals surface area (Å²) in [5.41, 5.74) is 0.236. The molecule has 1 aromatic rings. The monoisotopic (exact) mass is 267 g/mol. The first kappa shape index (κ1) is 13.2. The summed E-state index contributed by atoms with van der Waals surface area (Å²) in [7, 11) is 1.85. The molecule has 1 aromatic heterocycles. The Bertz CT molecular complexity index is 495. The van der Waals surface area contributed by atoms with Crippen LogP contribution >= 0.6 is 11.3 Å². The lowest BCUT2D eigenvalue weighted by Gasteiger charge is -2.15. The molecule has 2 amide bonds. The standard InChI is InChI=1S/C12H17N3O2S/c1-7(13-4)8-6-18-11(14-8)15-9(16)5-12(2,3)10(15)17/h6-7,13H,5H2,1-4H3. The lowest BCUT2D eigenvalue weighted by atomic mass is 9.92. The van der Waals surface area contributed by atoms with E-state index in [1.165, 1.54) is 16.2 Å². The van der Waals surface area contributed by atoms with Crippen LogP contribution in [0.3, 0.4) is 0 Å². The Morgan fingerprint density at radius 1 is 1.50 bits per heavy atom. The summed E-state index contributed by atoms with van der Waals surface area (Å²) in [5.74, 6) is -0.325. The molecule has 1 N–H and O–H groups in total. The van der Waals surface area contributed by atoms with E-state index >= 15 is 0 Å². The summed E-state index contributed by atoms with van der Waals surface area (Å²) in [4.78, 5) is 29.6. The van der Waals surface area contributed by atoms with E-state index in [0.29, 0.717) is 5.13 Å². The van der Waals surface area contributed by atoms with Gasteiger partial charge in [-0.05, 0) is 14.0 Å². The molecule has 1 aliphatic heterocycles. The normalized spacial score (nSPS) is 20.6. The molecule has 0 radical (unpaired) electrons. The minimum Gasteiger partial charge on any atom is -0.312 e. The average molecular weight is 267 g/mol. The Morgan fingerprint density at radius 3 is 2.67 bits per heavy atom. The SMILES string of the molecule is CNC(C)c1csc(N2C(=O)CC(C)(C)C2=O)n1. The van der Waals surface area contributed by atoms with E-state index in [2.05, 4.69) is 10.3 Å². The first-order chi connectivity index (χ1) is 8.36. The molecule has 18 heavy (non-hydrogen) atoms. The van der Waals surface area contributed by atoms with Crippen LogP contribution in [-0.2, 0) is 9.59 Å². The number of carbonyl (C=O) groups is 2. The van der Waals surface area contributed by atoms with Crippen LogP contribution in [0.15, 0.2) is 5.38 Å². The van der Waals surface area contributed by atoms with Crippen LogP contribution < -0.4 is 10.2 Å². The Hall–Kier alpha value is -1.27. The van der Waals surface area contributed by atoms with Crippen LogP contribution in [0.5, 0.6) is 0 Å². The van der Waals surface area contributed by atoms with Gasteiger partial charge in [0, 0.05) is 17.8 Å². The quantitative estimate of drug-likeness (QED) is 0.847. The van der Waals surface area contributed by atoms with Crippen LogP contribution in [0.25, 0.3) is 0 Å². The number of carbonyl (C=O) groups excluding carboxylic acids is 2. The number of imide groups is 1. The lowest BCUT2D eigenvalue weighted by Crippen LogP contribution is -2.33. The number of thiazole rings is 1. The van der Waals surface area contributed by atoms with Crippen molar-refractivity contribution >= 4 is 28.3 Å². The molecule has 1 atom stereocenters. The van der Waals surface area contributed by atoms with Gasteiger partial charge in [-0.25, -0.2) is 9.88 Å². The predicted molar refractivity (Wildman–Crippen MR) is 70.5 cm³/mol. The maximum atomic E-state index is 12.1. The van der Waals surface area contributed by atoms with Crippen LogP contribution in [0.1, 0.15) is 38.9 Å². The summed E-state index contributed by atoms with van der Waals surface area (Å²) >= 11 is 1.33. The number of rotatable bonds is 3. The van der Waals surface area contributed by atoms with Crippen molar-refractivity contribution < 1.29 is 9.59 Å². The minimum absolute atomic E-state index is 0.107. The highest BCUT2D eigenvalue weighted by molar-refractivity contribution is 7.14. The van der Waals surface area contributed by atoms with E-state index in [9.17, 15) is 9.59 Å². The fourth-order valence-corrected chi connectivity index (χ4v) is 2.80. The van der Waals surface area contributed by atoms with Gasteiger partial charge in [0.25, 0.3) is 0 Å². The van der Waals surface area contributed by atoms with Crippen LogP contribution in [0.4, 0.5) is 5.13 Å². The van der Waals surface area contributed by atoms with Crippen LogP contribution in [0.2, 0.25) is 0 Å². The second-order valence-electron chi connectivity index (χ2n) is 5.16. The molecular formula is C12H17N3O2S. The van der Waals surface area contributed by atoms with Crippen molar-refractivity contribution in [3.63, 3.8) is 0 Å². The molecule has 0 spiro atoms. The zero-order chi connectivity index (χ0) is 13.5. The van der Waals surface area contributed by atoms with Gasteiger partial charge in [0.1, 0.15) is 0 Å². The van der Waals surface area contributed by atoms with Crippen molar-refractivity contribution in [2.45, 2.75) is 33.2 Å². The van der Waals surface area contributed by atoms with Gasteiger partial charge in [-0.3, -0.25) is 9.59 Å². The van der Waals surface area contributed by atoms with Gasteiger partial charge in [0.2, 0.25) is 11.8 Å². The lowest BCUT2D eigenvalue weighted by molar-refractivity contribution is -0.124. The van der Waals surface area contributed by atoms with E-state index in [-0.39, 0.29) is 24.3 Å².